The number of para-hydroxylation sites is 1. The van der Waals surface area contributed by atoms with Crippen molar-refractivity contribution in [1.29, 1.82) is 0 Å². The molecule has 9 heteroatoms. The van der Waals surface area contributed by atoms with Crippen LogP contribution in [0.4, 0.5) is 5.69 Å². The van der Waals surface area contributed by atoms with Crippen LogP contribution < -0.4 is 5.32 Å². The average molecular weight is 472 g/mol. The maximum absolute atomic E-state index is 12.7. The fourth-order valence-corrected chi connectivity index (χ4v) is 4.66. The van der Waals surface area contributed by atoms with Gasteiger partial charge in [-0.1, -0.05) is 38.0 Å². The van der Waals surface area contributed by atoms with Gasteiger partial charge in [0.25, 0.3) is 5.91 Å². The summed E-state index contributed by atoms with van der Waals surface area (Å²) in [5.74, 6) is -3.05. The summed E-state index contributed by atoms with van der Waals surface area (Å²) in [5, 5.41) is 2.79. The number of esters is 1. The van der Waals surface area contributed by atoms with Crippen molar-refractivity contribution in [2.45, 2.75) is 58.9 Å². The third-order valence-electron chi connectivity index (χ3n) is 6.54. The first-order valence-electron chi connectivity index (χ1n) is 11.9. The number of rotatable bonds is 9. The van der Waals surface area contributed by atoms with Crippen LogP contribution in [0.2, 0.25) is 0 Å². The van der Waals surface area contributed by atoms with Crippen LogP contribution in [0.5, 0.6) is 0 Å². The number of carbonyl (C=O) groups excluding carboxylic acids is 5. The minimum Gasteiger partial charge on any atom is -0.454 e. The van der Waals surface area contributed by atoms with Gasteiger partial charge in [0.15, 0.2) is 6.61 Å². The lowest BCUT2D eigenvalue weighted by Gasteiger charge is -2.24. The molecule has 0 radical (unpaired) electrons. The Hall–Kier alpha value is -3.23. The van der Waals surface area contributed by atoms with E-state index in [9.17, 15) is 24.0 Å². The fourth-order valence-electron chi connectivity index (χ4n) is 4.66. The van der Waals surface area contributed by atoms with E-state index in [4.69, 9.17) is 4.74 Å². The smallest absolute Gasteiger partial charge is 0.329 e. The van der Waals surface area contributed by atoms with Gasteiger partial charge in [0, 0.05) is 12.2 Å². The molecule has 1 aromatic rings. The zero-order valence-electron chi connectivity index (χ0n) is 20.0. The SMILES string of the molecule is CCCN(CC(=O)Nc1ccccc1C)C(=O)COC(=O)[C@H](C)N1C(=O)C2CCCCC2C1=O. The number of likely N-dealkylation sites (tertiary alicyclic amines) is 1. The Kier molecular flexibility index (Phi) is 8.41. The molecule has 0 aromatic heterocycles. The van der Waals surface area contributed by atoms with E-state index in [1.54, 1.807) is 6.07 Å². The van der Waals surface area contributed by atoms with Crippen molar-refractivity contribution in [3.63, 3.8) is 0 Å². The van der Waals surface area contributed by atoms with Crippen molar-refractivity contribution < 1.29 is 28.7 Å². The van der Waals surface area contributed by atoms with Crippen LogP contribution in [-0.4, -0.2) is 65.1 Å². The van der Waals surface area contributed by atoms with Gasteiger partial charge in [-0.05, 0) is 44.7 Å². The van der Waals surface area contributed by atoms with Gasteiger partial charge in [-0.15, -0.1) is 0 Å². The summed E-state index contributed by atoms with van der Waals surface area (Å²) in [5.41, 5.74) is 1.56. The Bertz CT molecular complexity index is 938. The second kappa shape index (κ2) is 11.3. The van der Waals surface area contributed by atoms with Crippen LogP contribution in [0.15, 0.2) is 24.3 Å². The topological polar surface area (TPSA) is 113 Å². The molecule has 1 N–H and O–H groups in total. The molecular formula is C25H33N3O6. The van der Waals surface area contributed by atoms with Gasteiger partial charge in [0.1, 0.15) is 6.04 Å². The molecule has 2 aliphatic rings. The first kappa shape index (κ1) is 25.4. The van der Waals surface area contributed by atoms with Gasteiger partial charge < -0.3 is 15.0 Å². The minimum atomic E-state index is -1.10. The maximum Gasteiger partial charge on any atom is 0.329 e. The van der Waals surface area contributed by atoms with Crippen molar-refractivity contribution in [1.82, 2.24) is 9.80 Å². The van der Waals surface area contributed by atoms with E-state index in [0.717, 1.165) is 23.3 Å². The Morgan fingerprint density at radius 1 is 1.12 bits per heavy atom. The monoisotopic (exact) mass is 471 g/mol. The number of ether oxygens (including phenoxy) is 1. The number of amides is 4. The van der Waals surface area contributed by atoms with Crippen LogP contribution in [0, 0.1) is 18.8 Å². The van der Waals surface area contributed by atoms with Crippen LogP contribution in [0.3, 0.4) is 0 Å². The highest BCUT2D eigenvalue weighted by Gasteiger charge is 2.51. The molecule has 1 aromatic carbocycles. The van der Waals surface area contributed by atoms with Crippen LogP contribution in [0.25, 0.3) is 0 Å². The third kappa shape index (κ3) is 5.63. The van der Waals surface area contributed by atoms with Gasteiger partial charge in [0.2, 0.25) is 17.7 Å². The van der Waals surface area contributed by atoms with Crippen molar-refractivity contribution >= 4 is 35.3 Å². The molecular weight excluding hydrogens is 438 g/mol. The zero-order chi connectivity index (χ0) is 24.8. The molecule has 1 saturated heterocycles. The normalized spacial score (nSPS) is 20.5. The lowest BCUT2D eigenvalue weighted by molar-refractivity contribution is -0.161. The summed E-state index contributed by atoms with van der Waals surface area (Å²) in [7, 11) is 0. The van der Waals surface area contributed by atoms with E-state index in [1.807, 2.05) is 32.0 Å². The van der Waals surface area contributed by atoms with Crippen molar-refractivity contribution in [2.75, 3.05) is 25.0 Å². The van der Waals surface area contributed by atoms with Gasteiger partial charge in [-0.2, -0.15) is 0 Å². The molecule has 34 heavy (non-hydrogen) atoms. The van der Waals surface area contributed by atoms with E-state index >= 15 is 0 Å². The van der Waals surface area contributed by atoms with E-state index in [2.05, 4.69) is 5.32 Å². The summed E-state index contributed by atoms with van der Waals surface area (Å²) >= 11 is 0. The molecule has 1 heterocycles. The summed E-state index contributed by atoms with van der Waals surface area (Å²) in [6, 6.07) is 6.23. The Morgan fingerprint density at radius 3 is 2.32 bits per heavy atom. The molecule has 184 valence electrons. The molecule has 2 fully saturated rings. The number of hydrogen-bond acceptors (Lipinski definition) is 6. The van der Waals surface area contributed by atoms with E-state index < -0.39 is 24.5 Å². The molecule has 2 unspecified atom stereocenters. The Labute approximate surface area is 199 Å². The lowest BCUT2D eigenvalue weighted by Crippen LogP contribution is -2.46. The Balaban J connectivity index is 1.55. The predicted octanol–water partition coefficient (Wildman–Crippen LogP) is 2.28. The molecule has 1 aliphatic heterocycles. The highest BCUT2D eigenvalue weighted by molar-refractivity contribution is 6.07. The van der Waals surface area contributed by atoms with Gasteiger partial charge >= 0.3 is 5.97 Å². The number of imide groups is 1. The number of nitrogens with zero attached hydrogens (tertiary/aromatic N) is 2. The highest BCUT2D eigenvalue weighted by Crippen LogP contribution is 2.38. The van der Waals surface area contributed by atoms with E-state index in [-0.39, 0.29) is 36.1 Å². The molecule has 3 rings (SSSR count). The number of aryl methyl sites for hydroxylation is 1. The summed E-state index contributed by atoms with van der Waals surface area (Å²) in [6.07, 6.45) is 3.72. The second-order valence-electron chi connectivity index (χ2n) is 9.01. The maximum atomic E-state index is 12.7. The molecule has 9 nitrogen and oxygen atoms in total. The quantitative estimate of drug-likeness (QED) is 0.437. The number of anilines is 1. The first-order valence-corrected chi connectivity index (χ1v) is 11.9. The molecule has 4 amide bonds. The van der Waals surface area contributed by atoms with Crippen molar-refractivity contribution in [3.8, 4) is 0 Å². The summed E-state index contributed by atoms with van der Waals surface area (Å²) in [4.78, 5) is 65.5. The lowest BCUT2D eigenvalue weighted by atomic mass is 9.81. The number of carbonyl (C=O) groups is 5. The highest BCUT2D eigenvalue weighted by atomic mass is 16.5. The molecule has 3 atom stereocenters. The zero-order valence-corrected chi connectivity index (χ0v) is 20.0. The number of benzene rings is 1. The van der Waals surface area contributed by atoms with Crippen molar-refractivity contribution in [3.05, 3.63) is 29.8 Å². The Morgan fingerprint density at radius 2 is 1.74 bits per heavy atom. The largest absolute Gasteiger partial charge is 0.454 e. The molecule has 1 aliphatic carbocycles. The number of fused-ring (bicyclic) bond motifs is 1. The van der Waals surface area contributed by atoms with Gasteiger partial charge in [-0.25, -0.2) is 4.79 Å². The number of nitrogens with one attached hydrogen (secondary N) is 1. The molecule has 0 bridgehead atoms. The molecule has 0 spiro atoms. The number of hydrogen-bond donors (Lipinski definition) is 1. The summed E-state index contributed by atoms with van der Waals surface area (Å²) < 4.78 is 5.17. The van der Waals surface area contributed by atoms with E-state index in [0.29, 0.717) is 31.5 Å². The second-order valence-corrected chi connectivity index (χ2v) is 9.01. The third-order valence-corrected chi connectivity index (χ3v) is 6.54. The van der Waals surface area contributed by atoms with Gasteiger partial charge in [-0.3, -0.25) is 24.1 Å². The van der Waals surface area contributed by atoms with Crippen molar-refractivity contribution in [2.24, 2.45) is 11.8 Å². The van der Waals surface area contributed by atoms with Crippen LogP contribution >= 0.6 is 0 Å². The van der Waals surface area contributed by atoms with E-state index in [1.165, 1.54) is 11.8 Å². The first-order chi connectivity index (χ1) is 16.2. The standard InChI is InChI=1S/C25H33N3O6/c1-4-13-27(14-21(29)26-20-12-8-5-9-16(20)2)22(30)15-34-25(33)17(3)28-23(31)18-10-6-7-11-19(18)24(28)32/h5,8-9,12,17-19H,4,6-7,10-11,13-15H2,1-3H3,(H,26,29)/t17-,18?,19?/m0/s1. The average Bonchev–Trinajstić information content (AvgIpc) is 3.08. The fraction of sp³-hybridized carbons (Fsp3) is 0.560. The van der Waals surface area contributed by atoms with Gasteiger partial charge in [0.05, 0.1) is 18.4 Å². The minimum absolute atomic E-state index is 0.180. The van der Waals surface area contributed by atoms with Crippen LogP contribution in [0.1, 0.15) is 51.5 Å². The summed E-state index contributed by atoms with van der Waals surface area (Å²) in [6.45, 7) is 4.76. The molecule has 1 saturated carbocycles. The predicted molar refractivity (Wildman–Crippen MR) is 124 cm³/mol. The van der Waals surface area contributed by atoms with Crippen LogP contribution in [-0.2, 0) is 28.7 Å².